The molecule has 0 radical (unpaired) electrons. The number of carbonyl (C=O) groups is 2. The van der Waals surface area contributed by atoms with Gasteiger partial charge in [0.1, 0.15) is 0 Å². The summed E-state index contributed by atoms with van der Waals surface area (Å²) < 4.78 is 5.17. The number of benzene rings is 2. The molecular formula is C19H20ClNO3S. The molecule has 6 heteroatoms. The molecule has 0 aliphatic heterocycles. The number of aryl methyl sites for hydroxylation is 1. The number of ether oxygens (including phenoxy) is 1. The average Bonchev–Trinajstić information content (AvgIpc) is 2.58. The Kier molecular flexibility index (Phi) is 7.34. The van der Waals surface area contributed by atoms with Crippen LogP contribution < -0.4 is 5.32 Å². The molecule has 132 valence electrons. The third kappa shape index (κ3) is 6.44. The molecular weight excluding hydrogens is 358 g/mol. The van der Waals surface area contributed by atoms with Gasteiger partial charge in [-0.3, -0.25) is 9.59 Å². The van der Waals surface area contributed by atoms with Gasteiger partial charge in [-0.2, -0.15) is 0 Å². The van der Waals surface area contributed by atoms with Gasteiger partial charge in [-0.1, -0.05) is 53.6 Å². The second kappa shape index (κ2) is 9.49. The van der Waals surface area contributed by atoms with Crippen LogP contribution in [0, 0.1) is 6.92 Å². The Morgan fingerprint density at radius 2 is 1.84 bits per heavy atom. The minimum Gasteiger partial charge on any atom is -0.452 e. The first-order valence-electron chi connectivity index (χ1n) is 7.84. The molecule has 1 N–H and O–H groups in total. The first-order chi connectivity index (χ1) is 12.0. The van der Waals surface area contributed by atoms with Crippen molar-refractivity contribution in [2.24, 2.45) is 0 Å². The van der Waals surface area contributed by atoms with Gasteiger partial charge in [0.15, 0.2) is 6.10 Å². The molecule has 1 atom stereocenters. The van der Waals surface area contributed by atoms with Crippen LogP contribution >= 0.6 is 23.4 Å². The van der Waals surface area contributed by atoms with Gasteiger partial charge < -0.3 is 10.1 Å². The topological polar surface area (TPSA) is 55.4 Å². The van der Waals surface area contributed by atoms with Crippen molar-refractivity contribution in [3.05, 3.63) is 64.7 Å². The fraction of sp³-hybridized carbons (Fsp3) is 0.263. The summed E-state index contributed by atoms with van der Waals surface area (Å²) in [6.07, 6.45) is -0.885. The summed E-state index contributed by atoms with van der Waals surface area (Å²) in [5, 5.41) is 3.08. The first kappa shape index (κ1) is 19.3. The number of anilines is 1. The maximum absolute atomic E-state index is 12.1. The standard InChI is InChI=1S/C19H20ClNO3S/c1-13-7-9-15(10-8-13)11-25-12-18(22)24-14(2)19(23)21-17-6-4-3-5-16(17)20/h3-10,14H,11-12H2,1-2H3,(H,21,23)/t14-/m0/s1. The molecule has 1 amide bonds. The molecule has 0 heterocycles. The van der Waals surface area contributed by atoms with E-state index in [1.165, 1.54) is 24.2 Å². The van der Waals surface area contributed by atoms with Crippen LogP contribution in [-0.4, -0.2) is 23.7 Å². The number of amides is 1. The smallest absolute Gasteiger partial charge is 0.316 e. The van der Waals surface area contributed by atoms with Crippen molar-refractivity contribution in [1.82, 2.24) is 0 Å². The van der Waals surface area contributed by atoms with E-state index in [-0.39, 0.29) is 5.75 Å². The fourth-order valence-corrected chi connectivity index (χ4v) is 2.97. The van der Waals surface area contributed by atoms with Crippen molar-refractivity contribution in [1.29, 1.82) is 0 Å². The number of rotatable bonds is 7. The summed E-state index contributed by atoms with van der Waals surface area (Å²) in [7, 11) is 0. The Hall–Kier alpha value is -1.98. The average molecular weight is 378 g/mol. The number of para-hydroxylation sites is 1. The lowest BCUT2D eigenvalue weighted by Gasteiger charge is -2.14. The molecule has 4 nitrogen and oxygen atoms in total. The van der Waals surface area contributed by atoms with Crippen LogP contribution in [0.5, 0.6) is 0 Å². The zero-order valence-electron chi connectivity index (χ0n) is 14.1. The summed E-state index contributed by atoms with van der Waals surface area (Å²) in [5.41, 5.74) is 2.84. The Labute approximate surface area is 156 Å². The second-order valence-electron chi connectivity index (χ2n) is 5.58. The molecule has 0 spiro atoms. The van der Waals surface area contributed by atoms with Gasteiger partial charge in [-0.25, -0.2) is 0 Å². The molecule has 0 bridgehead atoms. The third-order valence-corrected chi connectivity index (χ3v) is 4.73. The molecule has 0 aliphatic rings. The van der Waals surface area contributed by atoms with Gasteiger partial charge in [0.25, 0.3) is 5.91 Å². The lowest BCUT2D eigenvalue weighted by molar-refractivity contribution is -0.150. The highest BCUT2D eigenvalue weighted by Gasteiger charge is 2.18. The third-order valence-electron chi connectivity index (χ3n) is 3.42. The first-order valence-corrected chi connectivity index (χ1v) is 9.37. The molecule has 0 unspecified atom stereocenters. The summed E-state index contributed by atoms with van der Waals surface area (Å²) in [6.45, 7) is 3.57. The maximum atomic E-state index is 12.1. The van der Waals surface area contributed by atoms with Crippen LogP contribution in [0.15, 0.2) is 48.5 Å². The molecule has 25 heavy (non-hydrogen) atoms. The highest BCUT2D eigenvalue weighted by molar-refractivity contribution is 7.99. The highest BCUT2D eigenvalue weighted by Crippen LogP contribution is 2.21. The molecule has 0 aliphatic carbocycles. The van der Waals surface area contributed by atoms with E-state index in [0.717, 1.165) is 11.3 Å². The van der Waals surface area contributed by atoms with Crippen LogP contribution in [0.1, 0.15) is 18.1 Å². The number of hydrogen-bond acceptors (Lipinski definition) is 4. The molecule has 2 aromatic rings. The number of carbonyl (C=O) groups excluding carboxylic acids is 2. The zero-order chi connectivity index (χ0) is 18.2. The second-order valence-corrected chi connectivity index (χ2v) is 6.97. The van der Waals surface area contributed by atoms with Crippen molar-refractivity contribution >= 4 is 40.9 Å². The normalized spacial score (nSPS) is 11.6. The van der Waals surface area contributed by atoms with Crippen LogP contribution in [0.2, 0.25) is 5.02 Å². The van der Waals surface area contributed by atoms with E-state index in [1.54, 1.807) is 24.3 Å². The van der Waals surface area contributed by atoms with Crippen LogP contribution in [0.4, 0.5) is 5.69 Å². The van der Waals surface area contributed by atoms with Gasteiger partial charge in [0.2, 0.25) is 0 Å². The number of esters is 1. The van der Waals surface area contributed by atoms with E-state index in [9.17, 15) is 9.59 Å². The highest BCUT2D eigenvalue weighted by atomic mass is 35.5. The lowest BCUT2D eigenvalue weighted by Crippen LogP contribution is -2.30. The number of hydrogen-bond donors (Lipinski definition) is 1. The molecule has 2 rings (SSSR count). The largest absolute Gasteiger partial charge is 0.452 e. The molecule has 0 fully saturated rings. The van der Waals surface area contributed by atoms with Crippen molar-refractivity contribution < 1.29 is 14.3 Å². The Bertz CT molecular complexity index is 734. The monoisotopic (exact) mass is 377 g/mol. The number of halogens is 1. The Balaban J connectivity index is 1.74. The SMILES string of the molecule is Cc1ccc(CSCC(=O)O[C@@H](C)C(=O)Nc2ccccc2Cl)cc1. The Morgan fingerprint density at radius 1 is 1.16 bits per heavy atom. The molecule has 0 saturated heterocycles. The summed E-state index contributed by atoms with van der Waals surface area (Å²) in [5.74, 6) is 0.0802. The van der Waals surface area contributed by atoms with Crippen molar-refractivity contribution in [2.75, 3.05) is 11.1 Å². The minimum atomic E-state index is -0.885. The summed E-state index contributed by atoms with van der Waals surface area (Å²) in [6, 6.07) is 15.0. The summed E-state index contributed by atoms with van der Waals surface area (Å²) in [4.78, 5) is 23.9. The van der Waals surface area contributed by atoms with Crippen molar-refractivity contribution in [3.63, 3.8) is 0 Å². The maximum Gasteiger partial charge on any atom is 0.316 e. The van der Waals surface area contributed by atoms with Gasteiger partial charge >= 0.3 is 5.97 Å². The Morgan fingerprint density at radius 3 is 2.52 bits per heavy atom. The zero-order valence-corrected chi connectivity index (χ0v) is 15.7. The quantitative estimate of drug-likeness (QED) is 0.724. The minimum absolute atomic E-state index is 0.192. The van der Waals surface area contributed by atoms with Crippen LogP contribution in [0.25, 0.3) is 0 Å². The van der Waals surface area contributed by atoms with E-state index in [2.05, 4.69) is 5.32 Å². The van der Waals surface area contributed by atoms with E-state index in [1.807, 2.05) is 31.2 Å². The lowest BCUT2D eigenvalue weighted by atomic mass is 10.2. The van der Waals surface area contributed by atoms with E-state index < -0.39 is 18.0 Å². The molecule has 2 aromatic carbocycles. The predicted octanol–water partition coefficient (Wildman–Crippen LogP) is 4.45. The van der Waals surface area contributed by atoms with Crippen LogP contribution in [-0.2, 0) is 20.1 Å². The number of thioether (sulfide) groups is 1. The van der Waals surface area contributed by atoms with E-state index in [4.69, 9.17) is 16.3 Å². The predicted molar refractivity (Wildman–Crippen MR) is 103 cm³/mol. The number of nitrogens with one attached hydrogen (secondary N) is 1. The van der Waals surface area contributed by atoms with E-state index in [0.29, 0.717) is 10.7 Å². The van der Waals surface area contributed by atoms with Gasteiger partial charge in [-0.05, 0) is 31.5 Å². The molecule has 0 saturated carbocycles. The molecule has 0 aromatic heterocycles. The van der Waals surface area contributed by atoms with Crippen molar-refractivity contribution in [2.45, 2.75) is 25.7 Å². The van der Waals surface area contributed by atoms with Gasteiger partial charge in [0, 0.05) is 5.75 Å². The van der Waals surface area contributed by atoms with Gasteiger partial charge in [-0.15, -0.1) is 11.8 Å². The summed E-state index contributed by atoms with van der Waals surface area (Å²) >= 11 is 7.44. The van der Waals surface area contributed by atoms with Crippen molar-refractivity contribution in [3.8, 4) is 0 Å². The fourth-order valence-electron chi connectivity index (χ4n) is 2.02. The van der Waals surface area contributed by atoms with Crippen LogP contribution in [0.3, 0.4) is 0 Å². The van der Waals surface area contributed by atoms with Gasteiger partial charge in [0.05, 0.1) is 16.5 Å². The van der Waals surface area contributed by atoms with E-state index >= 15 is 0 Å².